The Hall–Kier alpha value is -8.96. The van der Waals surface area contributed by atoms with E-state index in [1.807, 2.05) is 109 Å². The van der Waals surface area contributed by atoms with Gasteiger partial charge in [0.15, 0.2) is 0 Å². The fourth-order valence-corrected chi connectivity index (χ4v) is 10.1. The number of ether oxygens (including phenoxy) is 2. The molecule has 0 atom stereocenters. The lowest BCUT2D eigenvalue weighted by Gasteiger charge is -2.20. The summed E-state index contributed by atoms with van der Waals surface area (Å²) >= 11 is 0. The van der Waals surface area contributed by atoms with E-state index in [4.69, 9.17) is 9.47 Å². The van der Waals surface area contributed by atoms with E-state index in [-0.39, 0.29) is 11.8 Å². The Bertz CT molecular complexity index is 3160. The zero-order chi connectivity index (χ0) is 45.8. The largest absolute Gasteiger partial charge is 0.456 e. The second-order valence-electron chi connectivity index (χ2n) is 17.3. The molecule has 0 spiro atoms. The quantitative estimate of drug-likeness (QED) is 0.115. The summed E-state index contributed by atoms with van der Waals surface area (Å²) in [5.41, 5.74) is 16.2. The second-order valence-corrected chi connectivity index (χ2v) is 17.3. The van der Waals surface area contributed by atoms with Crippen LogP contribution in [0.5, 0.6) is 23.0 Å². The Kier molecular flexibility index (Phi) is 11.3. The minimum absolute atomic E-state index is 0.281. The molecular weight excluding hydrogens is 829 g/mol. The lowest BCUT2D eigenvalue weighted by molar-refractivity contribution is 0.455. The third-order valence-corrected chi connectivity index (χ3v) is 13.2. The summed E-state index contributed by atoms with van der Waals surface area (Å²) in [6.45, 7) is 0. The highest BCUT2D eigenvalue weighted by Gasteiger charge is 2.28. The van der Waals surface area contributed by atoms with Gasteiger partial charge in [-0.05, 0) is 79.9 Å². The summed E-state index contributed by atoms with van der Waals surface area (Å²) in [5, 5.41) is 21.9. The molecule has 2 aliphatic carbocycles. The van der Waals surface area contributed by atoms with Gasteiger partial charge < -0.3 is 9.47 Å². The summed E-state index contributed by atoms with van der Waals surface area (Å²) in [6, 6.07) is 79.3. The summed E-state index contributed by atoms with van der Waals surface area (Å²) in [6.07, 6.45) is 5.39. The Morgan fingerprint density at radius 3 is 1.10 bits per heavy atom. The van der Waals surface area contributed by atoms with Crippen LogP contribution in [0.15, 0.2) is 230 Å². The van der Waals surface area contributed by atoms with E-state index in [0.29, 0.717) is 47.0 Å². The highest BCUT2D eigenvalue weighted by molar-refractivity contribution is 5.84. The highest BCUT2D eigenvalue weighted by atomic mass is 16.5. The van der Waals surface area contributed by atoms with Crippen LogP contribution >= 0.6 is 0 Å². The highest BCUT2D eigenvalue weighted by Crippen LogP contribution is 2.48. The number of hydrogen-bond acceptors (Lipinski definition) is 4. The molecular formula is C64H44N2O2. The van der Waals surface area contributed by atoms with Crippen molar-refractivity contribution in [3.05, 3.63) is 285 Å². The first kappa shape index (κ1) is 41.7. The number of hydrogen-bond donors (Lipinski definition) is 0. The Morgan fingerprint density at radius 2 is 0.735 bits per heavy atom. The lowest BCUT2D eigenvalue weighted by Crippen LogP contribution is -2.04. The summed E-state index contributed by atoms with van der Waals surface area (Å²) in [7, 11) is 0. The van der Waals surface area contributed by atoms with E-state index in [1.54, 1.807) is 0 Å². The van der Waals surface area contributed by atoms with E-state index >= 15 is 0 Å². The average molecular weight is 873 g/mol. The standard InChI is InChI=1S/C64H44N2O2/c65-41-51(61(43-18-5-1-6-19-43)44-20-7-2-8-21-44)36-49-32-34-57-55-30-15-13-26-47(55)38-59(57)63(49)67-53-28-17-29-54(40-53)68-64-50(33-35-58-56-31-16-14-27-48(56)39-60(58)64)37-52(42-66)62(45-22-9-3-10-23-45)46-24-11-4-12-25-46/h1-37,40,61-62H,38-39H2. The van der Waals surface area contributed by atoms with Gasteiger partial charge in [-0.1, -0.05) is 200 Å². The molecule has 0 radical (unpaired) electrons. The van der Waals surface area contributed by atoms with Crippen molar-refractivity contribution in [1.82, 2.24) is 0 Å². The van der Waals surface area contributed by atoms with Gasteiger partial charge in [0.2, 0.25) is 0 Å². The molecule has 0 amide bonds. The van der Waals surface area contributed by atoms with Crippen molar-refractivity contribution in [3.8, 4) is 57.4 Å². The first-order valence-corrected chi connectivity index (χ1v) is 23.0. The molecule has 0 fully saturated rings. The fraction of sp³-hybridized carbons (Fsp3) is 0.0625. The molecule has 0 saturated heterocycles. The van der Waals surface area contributed by atoms with Crippen LogP contribution in [0.25, 0.3) is 34.4 Å². The molecule has 0 aliphatic heterocycles. The molecule has 0 bridgehead atoms. The van der Waals surface area contributed by atoms with E-state index < -0.39 is 0 Å². The predicted molar refractivity (Wildman–Crippen MR) is 273 cm³/mol. The van der Waals surface area contributed by atoms with Gasteiger partial charge >= 0.3 is 0 Å². The number of fused-ring (bicyclic) bond motifs is 6. The smallest absolute Gasteiger partial charge is 0.138 e. The molecule has 9 aromatic carbocycles. The Labute approximate surface area is 397 Å². The minimum Gasteiger partial charge on any atom is -0.456 e. The SMILES string of the molecule is N#CC(=Cc1ccc2c(c1Oc1cccc(Oc3c(C=C(C#N)C(c4ccccc4)c4ccccc4)ccc4c3Cc3ccccc3-4)c1)Cc1ccccc1-2)C(c1ccccc1)c1ccccc1. The normalized spacial score (nSPS) is 12.4. The van der Waals surface area contributed by atoms with E-state index in [9.17, 15) is 10.5 Å². The van der Waals surface area contributed by atoms with Crippen LogP contribution in [0, 0.1) is 22.7 Å². The topological polar surface area (TPSA) is 66.0 Å². The molecule has 68 heavy (non-hydrogen) atoms. The molecule has 0 aromatic heterocycles. The summed E-state index contributed by atoms with van der Waals surface area (Å²) in [4.78, 5) is 0. The molecule has 0 saturated carbocycles. The molecule has 4 heteroatoms. The molecule has 0 heterocycles. The average Bonchev–Trinajstić information content (AvgIpc) is 3.98. The van der Waals surface area contributed by atoms with Crippen LogP contribution in [0.2, 0.25) is 0 Å². The van der Waals surface area contributed by atoms with E-state index in [2.05, 4.69) is 133 Å². The van der Waals surface area contributed by atoms with Gasteiger partial charge in [0.05, 0.1) is 12.1 Å². The number of allylic oxidation sites excluding steroid dienone is 2. The van der Waals surface area contributed by atoms with Crippen LogP contribution in [-0.4, -0.2) is 0 Å². The first-order valence-electron chi connectivity index (χ1n) is 23.0. The van der Waals surface area contributed by atoms with Crippen LogP contribution < -0.4 is 9.47 Å². The van der Waals surface area contributed by atoms with Crippen LogP contribution in [0.1, 0.15) is 67.5 Å². The monoisotopic (exact) mass is 872 g/mol. The molecule has 11 rings (SSSR count). The zero-order valence-electron chi connectivity index (χ0n) is 37.2. The van der Waals surface area contributed by atoms with Crippen molar-refractivity contribution in [2.75, 3.05) is 0 Å². The van der Waals surface area contributed by atoms with Crippen molar-refractivity contribution >= 4 is 12.2 Å². The van der Waals surface area contributed by atoms with Crippen molar-refractivity contribution in [3.63, 3.8) is 0 Å². The maximum atomic E-state index is 10.9. The summed E-state index contributed by atoms with van der Waals surface area (Å²) in [5.74, 6) is 2.04. The van der Waals surface area contributed by atoms with Crippen molar-refractivity contribution in [2.24, 2.45) is 0 Å². The number of benzene rings is 9. The maximum Gasteiger partial charge on any atom is 0.138 e. The van der Waals surface area contributed by atoms with Crippen LogP contribution in [0.3, 0.4) is 0 Å². The van der Waals surface area contributed by atoms with Gasteiger partial charge in [0.25, 0.3) is 0 Å². The second kappa shape index (κ2) is 18.5. The number of nitriles is 2. The Morgan fingerprint density at radius 1 is 0.382 bits per heavy atom. The zero-order valence-corrected chi connectivity index (χ0v) is 37.2. The van der Waals surface area contributed by atoms with Gasteiger partial charge in [0, 0.05) is 64.1 Å². The van der Waals surface area contributed by atoms with E-state index in [0.717, 1.165) is 55.6 Å². The Balaban J connectivity index is 1.01. The molecule has 4 nitrogen and oxygen atoms in total. The lowest BCUT2D eigenvalue weighted by atomic mass is 9.84. The van der Waals surface area contributed by atoms with Gasteiger partial charge in [-0.25, -0.2) is 0 Å². The van der Waals surface area contributed by atoms with Gasteiger partial charge in [-0.2, -0.15) is 10.5 Å². The van der Waals surface area contributed by atoms with Gasteiger partial charge in [-0.15, -0.1) is 0 Å². The number of rotatable bonds is 12. The molecule has 0 unspecified atom stereocenters. The number of nitrogens with zero attached hydrogens (tertiary/aromatic N) is 2. The van der Waals surface area contributed by atoms with Gasteiger partial charge in [-0.3, -0.25) is 0 Å². The van der Waals surface area contributed by atoms with Crippen molar-refractivity contribution in [2.45, 2.75) is 24.7 Å². The minimum atomic E-state index is -0.281. The summed E-state index contributed by atoms with van der Waals surface area (Å²) < 4.78 is 14.2. The molecule has 2 aliphatic rings. The van der Waals surface area contributed by atoms with Crippen LogP contribution in [0.4, 0.5) is 0 Å². The maximum absolute atomic E-state index is 10.9. The molecule has 322 valence electrons. The van der Waals surface area contributed by atoms with Crippen molar-refractivity contribution in [1.29, 1.82) is 10.5 Å². The third kappa shape index (κ3) is 8.06. The van der Waals surface area contributed by atoms with Crippen molar-refractivity contribution < 1.29 is 9.47 Å². The van der Waals surface area contributed by atoms with E-state index in [1.165, 1.54) is 22.3 Å². The molecule has 9 aromatic rings. The van der Waals surface area contributed by atoms with Crippen LogP contribution in [-0.2, 0) is 12.8 Å². The third-order valence-electron chi connectivity index (χ3n) is 13.2. The predicted octanol–water partition coefficient (Wildman–Crippen LogP) is 15.9. The molecule has 0 N–H and O–H groups in total. The fourth-order valence-electron chi connectivity index (χ4n) is 10.1. The first-order chi connectivity index (χ1) is 33.6. The van der Waals surface area contributed by atoms with Gasteiger partial charge in [0.1, 0.15) is 23.0 Å².